The van der Waals surface area contributed by atoms with Gasteiger partial charge in [0.1, 0.15) is 17.8 Å². The molecular weight excluding hydrogens is 416 g/mol. The molecule has 0 bridgehead atoms. The molecule has 0 spiro atoms. The Hall–Kier alpha value is -3.66. The molecule has 10 nitrogen and oxygen atoms in total. The van der Waals surface area contributed by atoms with Crippen molar-refractivity contribution in [2.24, 2.45) is 0 Å². The SMILES string of the molecule is COc1ccc([C@]2(C)NC(=O)N(CC(=O)Nc3cc([N+](=O)[O-])ccc3Cl)C2=O)cc1. The monoisotopic (exact) mass is 432 g/mol. The van der Waals surface area contributed by atoms with Crippen LogP contribution in [0, 0.1) is 10.1 Å². The standard InChI is InChI=1S/C19H17ClN4O6/c1-19(11-3-6-13(30-2)7-4-11)17(26)23(18(27)22-19)10-16(25)21-15-9-12(24(28)29)5-8-14(15)20/h3-9H,10H2,1-2H3,(H,21,25)(H,22,27)/t19-/m0/s1. The molecule has 0 radical (unpaired) electrons. The van der Waals surface area contributed by atoms with Gasteiger partial charge in [0.2, 0.25) is 5.91 Å². The van der Waals surface area contributed by atoms with Crippen molar-refractivity contribution in [3.8, 4) is 5.75 Å². The number of nitro groups is 1. The molecule has 3 rings (SSSR count). The van der Waals surface area contributed by atoms with Crippen molar-refractivity contribution < 1.29 is 24.0 Å². The molecule has 2 aromatic rings. The van der Waals surface area contributed by atoms with Gasteiger partial charge in [0.15, 0.2) is 0 Å². The maximum Gasteiger partial charge on any atom is 0.325 e. The molecule has 1 fully saturated rings. The number of carbonyl (C=O) groups is 3. The van der Waals surface area contributed by atoms with Gasteiger partial charge in [-0.15, -0.1) is 0 Å². The Balaban J connectivity index is 1.76. The molecule has 1 aliphatic rings. The first kappa shape index (κ1) is 21.1. The summed E-state index contributed by atoms with van der Waals surface area (Å²) in [6, 6.07) is 9.40. The number of anilines is 1. The maximum atomic E-state index is 12.9. The Kier molecular flexibility index (Phi) is 5.61. The highest BCUT2D eigenvalue weighted by Crippen LogP contribution is 2.30. The number of rotatable bonds is 6. The second kappa shape index (κ2) is 7.99. The second-order valence-electron chi connectivity index (χ2n) is 6.64. The van der Waals surface area contributed by atoms with E-state index in [1.165, 1.54) is 26.2 Å². The molecule has 2 aromatic carbocycles. The smallest absolute Gasteiger partial charge is 0.325 e. The molecule has 1 saturated heterocycles. The summed E-state index contributed by atoms with van der Waals surface area (Å²) >= 11 is 5.96. The summed E-state index contributed by atoms with van der Waals surface area (Å²) in [6.45, 7) is 0.944. The van der Waals surface area contributed by atoms with Crippen molar-refractivity contribution in [1.82, 2.24) is 10.2 Å². The molecule has 1 heterocycles. The van der Waals surface area contributed by atoms with E-state index in [-0.39, 0.29) is 16.4 Å². The molecule has 30 heavy (non-hydrogen) atoms. The second-order valence-corrected chi connectivity index (χ2v) is 7.05. The number of carbonyl (C=O) groups excluding carboxylic acids is 3. The van der Waals surface area contributed by atoms with Crippen molar-refractivity contribution in [3.63, 3.8) is 0 Å². The van der Waals surface area contributed by atoms with Crippen LogP contribution in [0.1, 0.15) is 12.5 Å². The third-order valence-electron chi connectivity index (χ3n) is 4.68. The highest BCUT2D eigenvalue weighted by molar-refractivity contribution is 6.33. The van der Waals surface area contributed by atoms with E-state index in [1.807, 2.05) is 0 Å². The number of nitrogens with one attached hydrogen (secondary N) is 2. The molecule has 0 aliphatic carbocycles. The van der Waals surface area contributed by atoms with Gasteiger partial charge in [0.05, 0.1) is 22.7 Å². The van der Waals surface area contributed by atoms with Gasteiger partial charge in [0.25, 0.3) is 11.6 Å². The van der Waals surface area contributed by atoms with Crippen molar-refractivity contribution in [2.75, 3.05) is 19.0 Å². The van der Waals surface area contributed by atoms with E-state index in [2.05, 4.69) is 10.6 Å². The summed E-state index contributed by atoms with van der Waals surface area (Å²) in [5, 5.41) is 16.0. The van der Waals surface area contributed by atoms with Crippen LogP contribution in [0.25, 0.3) is 0 Å². The van der Waals surface area contributed by atoms with Gasteiger partial charge in [-0.3, -0.25) is 24.6 Å². The van der Waals surface area contributed by atoms with Crippen molar-refractivity contribution in [2.45, 2.75) is 12.5 Å². The van der Waals surface area contributed by atoms with Crippen LogP contribution in [0.5, 0.6) is 5.75 Å². The number of methoxy groups -OCH3 is 1. The molecular formula is C19H17ClN4O6. The van der Waals surface area contributed by atoms with Crippen LogP contribution >= 0.6 is 11.6 Å². The normalized spacial score (nSPS) is 18.2. The zero-order chi connectivity index (χ0) is 22.1. The lowest BCUT2D eigenvalue weighted by atomic mass is 9.92. The number of non-ortho nitro benzene ring substituents is 1. The van der Waals surface area contributed by atoms with Crippen LogP contribution in [0.4, 0.5) is 16.2 Å². The molecule has 4 amide bonds. The lowest BCUT2D eigenvalue weighted by molar-refractivity contribution is -0.384. The predicted molar refractivity (Wildman–Crippen MR) is 107 cm³/mol. The van der Waals surface area contributed by atoms with Crippen LogP contribution in [0.3, 0.4) is 0 Å². The molecule has 1 aliphatic heterocycles. The van der Waals surface area contributed by atoms with Gasteiger partial charge in [-0.1, -0.05) is 23.7 Å². The zero-order valence-electron chi connectivity index (χ0n) is 16.0. The van der Waals surface area contributed by atoms with Gasteiger partial charge in [-0.25, -0.2) is 4.79 Å². The minimum atomic E-state index is -1.35. The first-order chi connectivity index (χ1) is 14.2. The Morgan fingerprint density at radius 1 is 1.27 bits per heavy atom. The quantitative estimate of drug-likeness (QED) is 0.410. The highest BCUT2D eigenvalue weighted by atomic mass is 35.5. The number of benzene rings is 2. The predicted octanol–water partition coefficient (Wildman–Crippen LogP) is 2.66. The fourth-order valence-electron chi connectivity index (χ4n) is 3.02. The molecule has 0 unspecified atom stereocenters. The first-order valence-corrected chi connectivity index (χ1v) is 9.06. The molecule has 0 aromatic heterocycles. The number of ether oxygens (including phenoxy) is 1. The van der Waals surface area contributed by atoms with Crippen LogP contribution < -0.4 is 15.4 Å². The number of halogens is 1. The Bertz CT molecular complexity index is 1040. The Morgan fingerprint density at radius 3 is 2.53 bits per heavy atom. The van der Waals surface area contributed by atoms with Crippen molar-refractivity contribution in [1.29, 1.82) is 0 Å². The summed E-state index contributed by atoms with van der Waals surface area (Å²) in [5.41, 5.74) is -1.10. The van der Waals surface area contributed by atoms with Crippen LogP contribution in [-0.2, 0) is 15.1 Å². The summed E-state index contributed by atoms with van der Waals surface area (Å²) in [7, 11) is 1.51. The topological polar surface area (TPSA) is 131 Å². The molecule has 2 N–H and O–H groups in total. The lowest BCUT2D eigenvalue weighted by Crippen LogP contribution is -2.42. The summed E-state index contributed by atoms with van der Waals surface area (Å²) in [4.78, 5) is 48.7. The van der Waals surface area contributed by atoms with E-state index in [9.17, 15) is 24.5 Å². The van der Waals surface area contributed by atoms with Gasteiger partial charge < -0.3 is 15.4 Å². The van der Waals surface area contributed by atoms with Crippen LogP contribution in [0.2, 0.25) is 5.02 Å². The third kappa shape index (κ3) is 3.90. The van der Waals surface area contributed by atoms with Gasteiger partial charge in [-0.2, -0.15) is 0 Å². The largest absolute Gasteiger partial charge is 0.497 e. The van der Waals surface area contributed by atoms with Crippen molar-refractivity contribution >= 4 is 40.8 Å². The van der Waals surface area contributed by atoms with Crippen molar-refractivity contribution in [3.05, 3.63) is 63.2 Å². The molecule has 11 heteroatoms. The summed E-state index contributed by atoms with van der Waals surface area (Å²) < 4.78 is 5.09. The van der Waals surface area contributed by atoms with E-state index in [1.54, 1.807) is 24.3 Å². The minimum Gasteiger partial charge on any atom is -0.497 e. The number of imide groups is 1. The molecule has 1 atom stereocenters. The van der Waals surface area contributed by atoms with Crippen LogP contribution in [-0.4, -0.2) is 41.3 Å². The number of hydrogen-bond acceptors (Lipinski definition) is 6. The Labute approximate surface area is 175 Å². The van der Waals surface area contributed by atoms with E-state index in [4.69, 9.17) is 16.3 Å². The summed E-state index contributed by atoms with van der Waals surface area (Å²) in [5.74, 6) is -0.762. The fourth-order valence-corrected chi connectivity index (χ4v) is 3.18. The number of amides is 4. The zero-order valence-corrected chi connectivity index (χ0v) is 16.7. The average Bonchev–Trinajstić information content (AvgIpc) is 2.93. The van der Waals surface area contributed by atoms with Gasteiger partial charge in [0, 0.05) is 12.1 Å². The number of urea groups is 1. The maximum absolute atomic E-state index is 12.9. The molecule has 0 saturated carbocycles. The average molecular weight is 433 g/mol. The van der Waals surface area contributed by atoms with E-state index < -0.39 is 34.9 Å². The minimum absolute atomic E-state index is 0.000775. The van der Waals surface area contributed by atoms with E-state index >= 15 is 0 Å². The number of nitrogens with zero attached hydrogens (tertiary/aromatic N) is 2. The van der Waals surface area contributed by atoms with Crippen LogP contribution in [0.15, 0.2) is 42.5 Å². The van der Waals surface area contributed by atoms with E-state index in [0.717, 1.165) is 11.0 Å². The van der Waals surface area contributed by atoms with Gasteiger partial charge >= 0.3 is 6.03 Å². The van der Waals surface area contributed by atoms with Gasteiger partial charge in [-0.05, 0) is 30.7 Å². The first-order valence-electron chi connectivity index (χ1n) is 8.68. The highest BCUT2D eigenvalue weighted by Gasteiger charge is 2.49. The summed E-state index contributed by atoms with van der Waals surface area (Å²) in [6.07, 6.45) is 0. The fraction of sp³-hybridized carbons (Fsp3) is 0.211. The lowest BCUT2D eigenvalue weighted by Gasteiger charge is -2.22. The number of nitro benzene ring substituents is 1. The molecule has 156 valence electrons. The number of hydrogen-bond donors (Lipinski definition) is 2. The Morgan fingerprint density at radius 2 is 1.93 bits per heavy atom. The van der Waals surface area contributed by atoms with E-state index in [0.29, 0.717) is 11.3 Å². The third-order valence-corrected chi connectivity index (χ3v) is 5.01.